The van der Waals surface area contributed by atoms with Gasteiger partial charge in [-0.1, -0.05) is 12.1 Å². The maximum absolute atomic E-state index is 3.43. The Kier molecular flexibility index (Phi) is 3.81. The number of rotatable bonds is 3. The van der Waals surface area contributed by atoms with Gasteiger partial charge in [0.1, 0.15) is 0 Å². The number of piperazine rings is 1. The van der Waals surface area contributed by atoms with Crippen molar-refractivity contribution >= 4 is 10.9 Å². The summed E-state index contributed by atoms with van der Waals surface area (Å²) in [4.78, 5) is 2.55. The second-order valence-electron chi connectivity index (χ2n) is 6.13. The van der Waals surface area contributed by atoms with E-state index in [1.807, 2.05) is 0 Å². The van der Waals surface area contributed by atoms with Gasteiger partial charge in [0.25, 0.3) is 0 Å². The minimum absolute atomic E-state index is 0.507. The fraction of sp³-hybridized carbons (Fsp3) is 0.529. The number of fused-ring (bicyclic) bond motifs is 1. The molecule has 0 radical (unpaired) electrons. The van der Waals surface area contributed by atoms with Crippen LogP contribution in [-0.2, 0) is 6.54 Å². The summed E-state index contributed by atoms with van der Waals surface area (Å²) in [5, 5.41) is 4.83. The number of aryl methyl sites for hydroxylation is 1. The van der Waals surface area contributed by atoms with Crippen LogP contribution in [0.1, 0.15) is 31.1 Å². The fourth-order valence-electron chi connectivity index (χ4n) is 3.28. The number of nitrogens with one attached hydrogen (secondary N) is 1. The average Bonchev–Trinajstić information content (AvgIpc) is 2.79. The molecular formula is C17H25N3. The Morgan fingerprint density at radius 1 is 1.20 bits per heavy atom. The number of benzene rings is 1. The first-order valence-electron chi connectivity index (χ1n) is 7.69. The summed E-state index contributed by atoms with van der Waals surface area (Å²) in [6, 6.07) is 9.54. The predicted octanol–water partition coefficient (Wildman–Crippen LogP) is 2.94. The van der Waals surface area contributed by atoms with Crippen molar-refractivity contribution < 1.29 is 0 Å². The Morgan fingerprint density at radius 3 is 2.65 bits per heavy atom. The van der Waals surface area contributed by atoms with E-state index >= 15 is 0 Å². The van der Waals surface area contributed by atoms with Crippen molar-refractivity contribution in [1.29, 1.82) is 0 Å². The summed E-state index contributed by atoms with van der Waals surface area (Å²) in [7, 11) is 0. The Hall–Kier alpha value is -1.32. The van der Waals surface area contributed by atoms with Crippen molar-refractivity contribution in [2.75, 3.05) is 26.2 Å². The lowest BCUT2D eigenvalue weighted by atomic mass is 10.1. The van der Waals surface area contributed by atoms with E-state index in [0.29, 0.717) is 6.04 Å². The van der Waals surface area contributed by atoms with Gasteiger partial charge in [0.15, 0.2) is 0 Å². The van der Waals surface area contributed by atoms with E-state index in [4.69, 9.17) is 0 Å². The normalized spacial score (nSPS) is 17.2. The molecule has 108 valence electrons. The molecule has 0 unspecified atom stereocenters. The topological polar surface area (TPSA) is 20.2 Å². The SMILES string of the molecule is Cc1cccc2c1cc(CN1CCNCC1)n2C(C)C. The second-order valence-corrected chi connectivity index (χ2v) is 6.13. The molecule has 2 heterocycles. The lowest BCUT2D eigenvalue weighted by Gasteiger charge is -2.28. The summed E-state index contributed by atoms with van der Waals surface area (Å²) in [5.41, 5.74) is 4.21. The van der Waals surface area contributed by atoms with Crippen molar-refractivity contribution in [1.82, 2.24) is 14.8 Å². The van der Waals surface area contributed by atoms with Crippen LogP contribution in [0.3, 0.4) is 0 Å². The molecule has 0 amide bonds. The summed E-state index contributed by atoms with van der Waals surface area (Å²) < 4.78 is 2.50. The highest BCUT2D eigenvalue weighted by Gasteiger charge is 2.16. The molecule has 1 aliphatic heterocycles. The summed E-state index contributed by atoms with van der Waals surface area (Å²) in [5.74, 6) is 0. The molecule has 1 aromatic heterocycles. The molecule has 3 rings (SSSR count). The maximum Gasteiger partial charge on any atom is 0.0488 e. The van der Waals surface area contributed by atoms with Gasteiger partial charge >= 0.3 is 0 Å². The monoisotopic (exact) mass is 271 g/mol. The van der Waals surface area contributed by atoms with Gasteiger partial charge in [0.2, 0.25) is 0 Å². The lowest BCUT2D eigenvalue weighted by Crippen LogP contribution is -2.43. The quantitative estimate of drug-likeness (QED) is 0.926. The van der Waals surface area contributed by atoms with Crippen molar-refractivity contribution in [2.24, 2.45) is 0 Å². The summed E-state index contributed by atoms with van der Waals surface area (Å²) in [6.07, 6.45) is 0. The molecule has 1 saturated heterocycles. The molecule has 1 fully saturated rings. The molecule has 3 nitrogen and oxygen atoms in total. The number of hydrogen-bond acceptors (Lipinski definition) is 2. The van der Waals surface area contributed by atoms with Crippen LogP contribution in [0.15, 0.2) is 24.3 Å². The number of nitrogens with zero attached hydrogens (tertiary/aromatic N) is 2. The molecule has 0 atom stereocenters. The molecule has 2 aromatic rings. The van der Waals surface area contributed by atoms with Crippen molar-refractivity contribution in [3.8, 4) is 0 Å². The molecule has 20 heavy (non-hydrogen) atoms. The Bertz CT molecular complexity index is 592. The number of hydrogen-bond donors (Lipinski definition) is 1. The van der Waals surface area contributed by atoms with Gasteiger partial charge in [-0.3, -0.25) is 4.90 Å². The van der Waals surface area contributed by atoms with Gasteiger partial charge in [0.05, 0.1) is 0 Å². The lowest BCUT2D eigenvalue weighted by molar-refractivity contribution is 0.227. The van der Waals surface area contributed by atoms with Crippen molar-refractivity contribution in [3.63, 3.8) is 0 Å². The third-order valence-corrected chi connectivity index (χ3v) is 4.29. The van der Waals surface area contributed by atoms with Crippen LogP contribution in [0, 0.1) is 6.92 Å². The minimum atomic E-state index is 0.507. The smallest absolute Gasteiger partial charge is 0.0488 e. The first-order chi connectivity index (χ1) is 9.66. The highest BCUT2D eigenvalue weighted by molar-refractivity contribution is 5.84. The third kappa shape index (κ3) is 2.48. The first-order valence-corrected chi connectivity index (χ1v) is 7.69. The highest BCUT2D eigenvalue weighted by atomic mass is 15.2. The fourth-order valence-corrected chi connectivity index (χ4v) is 3.28. The van der Waals surface area contributed by atoms with Gasteiger partial charge < -0.3 is 9.88 Å². The van der Waals surface area contributed by atoms with Crippen LogP contribution in [0.4, 0.5) is 0 Å². The summed E-state index contributed by atoms with van der Waals surface area (Å²) >= 11 is 0. The van der Waals surface area contributed by atoms with E-state index in [9.17, 15) is 0 Å². The highest BCUT2D eigenvalue weighted by Crippen LogP contribution is 2.27. The molecule has 1 aromatic carbocycles. The Morgan fingerprint density at radius 2 is 1.95 bits per heavy atom. The molecule has 0 saturated carbocycles. The van der Waals surface area contributed by atoms with E-state index in [1.165, 1.54) is 22.2 Å². The van der Waals surface area contributed by atoms with Gasteiger partial charge in [-0.25, -0.2) is 0 Å². The van der Waals surface area contributed by atoms with E-state index in [-0.39, 0.29) is 0 Å². The Balaban J connectivity index is 2.00. The van der Waals surface area contributed by atoms with E-state index in [1.54, 1.807) is 0 Å². The van der Waals surface area contributed by atoms with Gasteiger partial charge in [-0.05, 0) is 38.5 Å². The minimum Gasteiger partial charge on any atom is -0.341 e. The van der Waals surface area contributed by atoms with Crippen LogP contribution in [0.2, 0.25) is 0 Å². The zero-order valence-electron chi connectivity index (χ0n) is 12.8. The van der Waals surface area contributed by atoms with Crippen LogP contribution in [-0.4, -0.2) is 35.6 Å². The Labute approximate surface area is 121 Å². The maximum atomic E-state index is 3.43. The van der Waals surface area contributed by atoms with Crippen molar-refractivity contribution in [2.45, 2.75) is 33.4 Å². The average molecular weight is 271 g/mol. The van der Waals surface area contributed by atoms with Gasteiger partial charge in [0, 0.05) is 55.4 Å². The van der Waals surface area contributed by atoms with Gasteiger partial charge in [-0.2, -0.15) is 0 Å². The molecule has 1 N–H and O–H groups in total. The molecule has 0 spiro atoms. The van der Waals surface area contributed by atoms with Crippen LogP contribution in [0.25, 0.3) is 10.9 Å². The zero-order valence-corrected chi connectivity index (χ0v) is 12.8. The zero-order chi connectivity index (χ0) is 14.1. The van der Waals surface area contributed by atoms with Gasteiger partial charge in [-0.15, -0.1) is 0 Å². The van der Waals surface area contributed by atoms with Crippen molar-refractivity contribution in [3.05, 3.63) is 35.5 Å². The molecule has 0 aliphatic carbocycles. The van der Waals surface area contributed by atoms with Crippen LogP contribution < -0.4 is 5.32 Å². The van der Waals surface area contributed by atoms with Crippen LogP contribution >= 0.6 is 0 Å². The molecule has 3 heteroatoms. The van der Waals surface area contributed by atoms with E-state index < -0.39 is 0 Å². The second kappa shape index (κ2) is 5.58. The largest absolute Gasteiger partial charge is 0.341 e. The third-order valence-electron chi connectivity index (χ3n) is 4.29. The molecule has 0 bridgehead atoms. The number of aromatic nitrogens is 1. The molecular weight excluding hydrogens is 246 g/mol. The van der Waals surface area contributed by atoms with Crippen LogP contribution in [0.5, 0.6) is 0 Å². The van der Waals surface area contributed by atoms with E-state index in [0.717, 1.165) is 32.7 Å². The standard InChI is InChI=1S/C17H25N3/c1-13(2)20-15(12-19-9-7-18-8-10-19)11-16-14(3)5-4-6-17(16)20/h4-6,11,13,18H,7-10,12H2,1-3H3. The predicted molar refractivity (Wildman–Crippen MR) is 85.2 cm³/mol. The molecule has 1 aliphatic rings. The summed E-state index contributed by atoms with van der Waals surface area (Å²) in [6.45, 7) is 12.4. The first kappa shape index (κ1) is 13.7. The van der Waals surface area contributed by atoms with E-state index in [2.05, 4.69) is 59.8 Å².